The van der Waals surface area contributed by atoms with Crippen LogP contribution in [0.4, 0.5) is 9.18 Å². The van der Waals surface area contributed by atoms with Gasteiger partial charge in [0.2, 0.25) is 6.10 Å². The topological polar surface area (TPSA) is 85.1 Å². The summed E-state index contributed by atoms with van der Waals surface area (Å²) >= 11 is 0. The van der Waals surface area contributed by atoms with Crippen molar-refractivity contribution in [3.63, 3.8) is 0 Å². The van der Waals surface area contributed by atoms with E-state index in [4.69, 9.17) is 15.2 Å². The van der Waals surface area contributed by atoms with Crippen LogP contribution in [0.1, 0.15) is 13.8 Å². The van der Waals surface area contributed by atoms with Crippen molar-refractivity contribution in [2.45, 2.75) is 25.6 Å². The Hall–Kier alpha value is -1.41. The SMILES string of the molecule is COCC(OC(N)=O)C(=O)N1CCN(CC(C)(C)F)CC1. The van der Waals surface area contributed by atoms with E-state index >= 15 is 0 Å². The molecular weight excluding hydrogens is 281 g/mol. The van der Waals surface area contributed by atoms with Gasteiger partial charge in [0.25, 0.3) is 5.91 Å². The Morgan fingerprint density at radius 1 is 1.29 bits per heavy atom. The second kappa shape index (κ2) is 7.56. The molecule has 0 spiro atoms. The normalized spacial score (nSPS) is 18.4. The molecule has 1 aliphatic heterocycles. The van der Waals surface area contributed by atoms with Crippen molar-refractivity contribution >= 4 is 12.0 Å². The van der Waals surface area contributed by atoms with Crippen molar-refractivity contribution < 1.29 is 23.5 Å². The first-order chi connectivity index (χ1) is 9.73. The first-order valence-corrected chi connectivity index (χ1v) is 6.88. The van der Waals surface area contributed by atoms with Gasteiger partial charge >= 0.3 is 6.09 Å². The molecule has 0 saturated carbocycles. The minimum absolute atomic E-state index is 0.0422. The molecule has 0 aromatic heterocycles. The van der Waals surface area contributed by atoms with Crippen LogP contribution in [0.15, 0.2) is 0 Å². The average Bonchev–Trinajstić information content (AvgIpc) is 2.36. The fourth-order valence-electron chi connectivity index (χ4n) is 2.31. The summed E-state index contributed by atoms with van der Waals surface area (Å²) in [7, 11) is 1.41. The molecule has 1 rings (SSSR count). The number of piperazine rings is 1. The molecule has 2 amide bonds. The first-order valence-electron chi connectivity index (χ1n) is 6.88. The molecule has 0 bridgehead atoms. The molecule has 122 valence electrons. The second-order valence-corrected chi connectivity index (χ2v) is 5.70. The van der Waals surface area contributed by atoms with Crippen LogP contribution in [0.5, 0.6) is 0 Å². The Morgan fingerprint density at radius 3 is 2.29 bits per heavy atom. The largest absolute Gasteiger partial charge is 0.434 e. The number of nitrogens with zero attached hydrogens (tertiary/aromatic N) is 2. The lowest BCUT2D eigenvalue weighted by molar-refractivity contribution is -0.144. The molecule has 0 aliphatic carbocycles. The first kappa shape index (κ1) is 17.6. The number of hydrogen-bond acceptors (Lipinski definition) is 5. The van der Waals surface area contributed by atoms with E-state index in [9.17, 15) is 14.0 Å². The van der Waals surface area contributed by atoms with Gasteiger partial charge in [0.1, 0.15) is 5.67 Å². The lowest BCUT2D eigenvalue weighted by Crippen LogP contribution is -2.54. The Bertz CT molecular complexity index is 365. The molecule has 1 aliphatic rings. The van der Waals surface area contributed by atoms with Crippen LogP contribution in [0.25, 0.3) is 0 Å². The van der Waals surface area contributed by atoms with E-state index in [1.54, 1.807) is 4.90 Å². The number of rotatable bonds is 6. The van der Waals surface area contributed by atoms with E-state index in [1.807, 2.05) is 4.90 Å². The van der Waals surface area contributed by atoms with Crippen LogP contribution in [0.2, 0.25) is 0 Å². The Morgan fingerprint density at radius 2 is 1.86 bits per heavy atom. The van der Waals surface area contributed by atoms with E-state index in [1.165, 1.54) is 21.0 Å². The van der Waals surface area contributed by atoms with Crippen LogP contribution < -0.4 is 5.73 Å². The summed E-state index contributed by atoms with van der Waals surface area (Å²) in [5, 5.41) is 0. The van der Waals surface area contributed by atoms with Crippen molar-refractivity contribution in [2.75, 3.05) is 46.4 Å². The van der Waals surface area contributed by atoms with Gasteiger partial charge in [-0.1, -0.05) is 0 Å². The predicted molar refractivity (Wildman–Crippen MR) is 74.5 cm³/mol. The number of carbonyl (C=O) groups excluding carboxylic acids is 2. The van der Waals surface area contributed by atoms with E-state index in [0.717, 1.165) is 0 Å². The summed E-state index contributed by atoms with van der Waals surface area (Å²) in [5.41, 5.74) is 3.68. The molecule has 1 fully saturated rings. The van der Waals surface area contributed by atoms with E-state index in [-0.39, 0.29) is 12.5 Å². The minimum atomic E-state index is -1.26. The number of primary amides is 1. The molecule has 1 unspecified atom stereocenters. The van der Waals surface area contributed by atoms with Gasteiger partial charge < -0.3 is 20.1 Å². The van der Waals surface area contributed by atoms with Crippen molar-refractivity contribution in [3.8, 4) is 0 Å². The third-order valence-corrected chi connectivity index (χ3v) is 3.14. The maximum absolute atomic E-state index is 13.6. The van der Waals surface area contributed by atoms with Crippen LogP contribution in [-0.4, -0.2) is 80.0 Å². The number of amides is 2. The zero-order valence-electron chi connectivity index (χ0n) is 12.8. The molecule has 1 saturated heterocycles. The van der Waals surface area contributed by atoms with Crippen LogP contribution >= 0.6 is 0 Å². The van der Waals surface area contributed by atoms with E-state index in [0.29, 0.717) is 32.7 Å². The monoisotopic (exact) mass is 305 g/mol. The van der Waals surface area contributed by atoms with Crippen molar-refractivity contribution in [3.05, 3.63) is 0 Å². The highest BCUT2D eigenvalue weighted by atomic mass is 19.1. The van der Waals surface area contributed by atoms with Gasteiger partial charge in [-0.15, -0.1) is 0 Å². The third-order valence-electron chi connectivity index (χ3n) is 3.14. The molecular formula is C13H24FN3O4. The number of ether oxygens (including phenoxy) is 2. The fourth-order valence-corrected chi connectivity index (χ4v) is 2.31. The minimum Gasteiger partial charge on any atom is -0.434 e. The highest BCUT2D eigenvalue weighted by molar-refractivity contribution is 5.83. The Kier molecular flexibility index (Phi) is 6.35. The summed E-state index contributed by atoms with van der Waals surface area (Å²) in [6.45, 7) is 5.41. The highest BCUT2D eigenvalue weighted by Crippen LogP contribution is 2.13. The van der Waals surface area contributed by atoms with Crippen LogP contribution in [0.3, 0.4) is 0 Å². The summed E-state index contributed by atoms with van der Waals surface area (Å²) in [6.07, 6.45) is -2.04. The lowest BCUT2D eigenvalue weighted by atomic mass is 10.1. The molecule has 1 atom stereocenters. The average molecular weight is 305 g/mol. The number of carbonyl (C=O) groups is 2. The van der Waals surface area contributed by atoms with Gasteiger partial charge in [-0.2, -0.15) is 0 Å². The summed E-state index contributed by atoms with van der Waals surface area (Å²) < 4.78 is 23.2. The quantitative estimate of drug-likeness (QED) is 0.746. The van der Waals surface area contributed by atoms with Crippen molar-refractivity contribution in [1.82, 2.24) is 9.80 Å². The maximum Gasteiger partial charge on any atom is 0.405 e. The number of hydrogen-bond donors (Lipinski definition) is 1. The molecule has 0 aromatic carbocycles. The van der Waals surface area contributed by atoms with Crippen LogP contribution in [0, 0.1) is 0 Å². The molecule has 8 heteroatoms. The molecule has 0 radical (unpaired) electrons. The van der Waals surface area contributed by atoms with Gasteiger partial charge in [-0.25, -0.2) is 9.18 Å². The standard InChI is InChI=1S/C13H24FN3O4/c1-13(2,14)9-16-4-6-17(7-5-16)11(18)10(8-20-3)21-12(15)19/h10H,4-9H2,1-3H3,(H2,15,19). The number of alkyl halides is 1. The van der Waals surface area contributed by atoms with E-state index in [2.05, 4.69) is 0 Å². The fraction of sp³-hybridized carbons (Fsp3) is 0.846. The summed E-state index contributed by atoms with van der Waals surface area (Å²) in [4.78, 5) is 26.6. The lowest BCUT2D eigenvalue weighted by Gasteiger charge is -2.37. The van der Waals surface area contributed by atoms with Gasteiger partial charge in [-0.3, -0.25) is 9.69 Å². The Labute approximate surface area is 124 Å². The molecule has 1 heterocycles. The molecule has 7 nitrogen and oxygen atoms in total. The van der Waals surface area contributed by atoms with Crippen molar-refractivity contribution in [1.29, 1.82) is 0 Å². The third kappa shape index (κ3) is 6.26. The van der Waals surface area contributed by atoms with Gasteiger partial charge in [0, 0.05) is 39.8 Å². The maximum atomic E-state index is 13.6. The second-order valence-electron chi connectivity index (χ2n) is 5.70. The van der Waals surface area contributed by atoms with Gasteiger partial charge in [0.05, 0.1) is 6.61 Å². The summed E-state index contributed by atoms with van der Waals surface area (Å²) in [5.74, 6) is -0.338. The molecule has 21 heavy (non-hydrogen) atoms. The molecule has 0 aromatic rings. The zero-order valence-corrected chi connectivity index (χ0v) is 12.8. The van der Waals surface area contributed by atoms with Crippen LogP contribution in [-0.2, 0) is 14.3 Å². The van der Waals surface area contributed by atoms with E-state index < -0.39 is 17.9 Å². The highest BCUT2D eigenvalue weighted by Gasteiger charge is 2.31. The predicted octanol–water partition coefficient (Wildman–Crippen LogP) is -0.0110. The smallest absolute Gasteiger partial charge is 0.405 e. The number of halogens is 1. The number of nitrogens with two attached hydrogens (primary N) is 1. The Balaban J connectivity index is 2.51. The molecule has 2 N–H and O–H groups in total. The summed E-state index contributed by atoms with van der Waals surface area (Å²) in [6, 6.07) is 0. The van der Waals surface area contributed by atoms with Crippen molar-refractivity contribution in [2.24, 2.45) is 5.73 Å². The number of methoxy groups -OCH3 is 1. The zero-order chi connectivity index (χ0) is 16.0. The van der Waals surface area contributed by atoms with Gasteiger partial charge in [0.15, 0.2) is 0 Å². The van der Waals surface area contributed by atoms with Gasteiger partial charge in [-0.05, 0) is 13.8 Å².